The molecule has 0 fully saturated rings. The van der Waals surface area contributed by atoms with E-state index in [9.17, 15) is 4.79 Å². The highest BCUT2D eigenvalue weighted by atomic mass is 16.5. The molecule has 0 aliphatic carbocycles. The van der Waals surface area contributed by atoms with Crippen LogP contribution >= 0.6 is 0 Å². The fourth-order valence-corrected chi connectivity index (χ4v) is 1.66. The zero-order valence-electron chi connectivity index (χ0n) is 10.5. The number of carbonyl (C=O) groups is 1. The number of hydrogen-bond acceptors (Lipinski definition) is 3. The number of ether oxygens (including phenoxy) is 1. The topological polar surface area (TPSA) is 58.9 Å². The van der Waals surface area contributed by atoms with Gasteiger partial charge >= 0.3 is 5.97 Å². The molecule has 5 heteroatoms. The van der Waals surface area contributed by atoms with Crippen molar-refractivity contribution in [1.82, 2.24) is 10.2 Å². The van der Waals surface area contributed by atoms with Gasteiger partial charge in [-0.25, -0.2) is 4.79 Å². The van der Waals surface area contributed by atoms with Crippen LogP contribution in [0.15, 0.2) is 30.6 Å². The molecule has 0 amide bonds. The van der Waals surface area contributed by atoms with Crippen LogP contribution in [0.3, 0.4) is 0 Å². The van der Waals surface area contributed by atoms with E-state index >= 15 is 0 Å². The number of aromatic amines is 1. The lowest BCUT2D eigenvalue weighted by molar-refractivity contribution is -0.685. The maximum Gasteiger partial charge on any atom is 0.372 e. The van der Waals surface area contributed by atoms with Crippen LogP contribution in [0, 0.1) is 6.92 Å². The number of pyridine rings is 1. The predicted molar refractivity (Wildman–Crippen MR) is 65.6 cm³/mol. The van der Waals surface area contributed by atoms with Crippen LogP contribution in [0.4, 0.5) is 0 Å². The molecule has 18 heavy (non-hydrogen) atoms. The summed E-state index contributed by atoms with van der Waals surface area (Å²) in [4.78, 5) is 11.3. The summed E-state index contributed by atoms with van der Waals surface area (Å²) < 4.78 is 6.67. The zero-order chi connectivity index (χ0) is 13.0. The molecule has 94 valence electrons. The van der Waals surface area contributed by atoms with Crippen LogP contribution in [0.5, 0.6) is 0 Å². The van der Waals surface area contributed by atoms with Gasteiger partial charge in [-0.15, -0.1) is 0 Å². The van der Waals surface area contributed by atoms with E-state index in [0.717, 1.165) is 17.0 Å². The first kappa shape index (κ1) is 12.3. The van der Waals surface area contributed by atoms with Crippen LogP contribution < -0.4 is 4.57 Å². The molecule has 2 aromatic heterocycles. The van der Waals surface area contributed by atoms with Crippen molar-refractivity contribution in [2.45, 2.75) is 20.4 Å². The summed E-state index contributed by atoms with van der Waals surface area (Å²) in [7, 11) is 0. The normalized spacial score (nSPS) is 10.3. The maximum atomic E-state index is 11.3. The van der Waals surface area contributed by atoms with Gasteiger partial charge in [0.1, 0.15) is 0 Å². The second kappa shape index (κ2) is 5.44. The van der Waals surface area contributed by atoms with Crippen molar-refractivity contribution < 1.29 is 14.1 Å². The third-order valence-electron chi connectivity index (χ3n) is 2.51. The average Bonchev–Trinajstić information content (AvgIpc) is 2.77. The van der Waals surface area contributed by atoms with Gasteiger partial charge in [-0.05, 0) is 19.9 Å². The van der Waals surface area contributed by atoms with Gasteiger partial charge in [0.2, 0.25) is 6.54 Å². The molecule has 0 aromatic carbocycles. The smallest absolute Gasteiger partial charge is 0.372 e. The molecule has 0 unspecified atom stereocenters. The van der Waals surface area contributed by atoms with Crippen molar-refractivity contribution in [3.8, 4) is 11.3 Å². The molecule has 0 atom stereocenters. The second-order valence-electron chi connectivity index (χ2n) is 4.00. The number of nitrogens with one attached hydrogen (secondary N) is 1. The largest absolute Gasteiger partial charge is 0.461 e. The van der Waals surface area contributed by atoms with E-state index in [1.54, 1.807) is 11.5 Å². The Hall–Kier alpha value is -2.17. The molecule has 0 saturated heterocycles. The van der Waals surface area contributed by atoms with Crippen LogP contribution in [0.1, 0.15) is 12.6 Å². The molecular weight excluding hydrogens is 230 g/mol. The predicted octanol–water partition coefficient (Wildman–Crippen LogP) is 1.24. The molecule has 0 spiro atoms. The Balaban J connectivity index is 2.08. The van der Waals surface area contributed by atoms with Gasteiger partial charge in [0.05, 0.1) is 12.3 Å². The highest BCUT2D eigenvalue weighted by molar-refractivity contribution is 5.67. The molecule has 2 rings (SSSR count). The summed E-state index contributed by atoms with van der Waals surface area (Å²) in [6.45, 7) is 4.39. The van der Waals surface area contributed by atoms with E-state index in [2.05, 4.69) is 10.2 Å². The Morgan fingerprint density at radius 2 is 2.17 bits per heavy atom. The number of aromatic nitrogens is 3. The molecule has 0 radical (unpaired) electrons. The maximum absolute atomic E-state index is 11.3. The number of hydrogen-bond donors (Lipinski definition) is 1. The minimum absolute atomic E-state index is 0.230. The first-order valence-electron chi connectivity index (χ1n) is 5.86. The summed E-state index contributed by atoms with van der Waals surface area (Å²) >= 11 is 0. The summed E-state index contributed by atoms with van der Waals surface area (Å²) in [6.07, 6.45) is 3.69. The lowest BCUT2D eigenvalue weighted by Gasteiger charge is -1.99. The fourth-order valence-electron chi connectivity index (χ4n) is 1.66. The third-order valence-corrected chi connectivity index (χ3v) is 2.51. The van der Waals surface area contributed by atoms with Gasteiger partial charge in [0, 0.05) is 23.4 Å². The van der Waals surface area contributed by atoms with Gasteiger partial charge in [0.25, 0.3) is 0 Å². The van der Waals surface area contributed by atoms with E-state index < -0.39 is 0 Å². The molecule has 0 saturated carbocycles. The van der Waals surface area contributed by atoms with Crippen LogP contribution in [-0.4, -0.2) is 22.8 Å². The number of nitrogens with zero attached hydrogens (tertiary/aromatic N) is 2. The number of H-pyrrole nitrogens is 1. The van der Waals surface area contributed by atoms with Crippen molar-refractivity contribution in [3.05, 3.63) is 36.3 Å². The summed E-state index contributed by atoms with van der Waals surface area (Å²) in [6, 6.07) is 5.83. The van der Waals surface area contributed by atoms with Gasteiger partial charge in [-0.3, -0.25) is 5.10 Å². The van der Waals surface area contributed by atoms with Gasteiger partial charge in [0.15, 0.2) is 12.4 Å². The lowest BCUT2D eigenvalue weighted by atomic mass is 10.2. The van der Waals surface area contributed by atoms with Crippen molar-refractivity contribution in [2.24, 2.45) is 0 Å². The van der Waals surface area contributed by atoms with E-state index in [0.29, 0.717) is 6.61 Å². The Morgan fingerprint density at radius 1 is 1.44 bits per heavy atom. The van der Waals surface area contributed by atoms with Gasteiger partial charge in [-0.2, -0.15) is 9.67 Å². The SMILES string of the molecule is CCOC(=O)C[n+]1ccc(-c2cc(C)[nH]n2)cc1. The molecular formula is C13H16N3O2+. The fraction of sp³-hybridized carbons (Fsp3) is 0.308. The van der Waals surface area contributed by atoms with Crippen molar-refractivity contribution in [2.75, 3.05) is 6.61 Å². The highest BCUT2D eigenvalue weighted by Gasteiger charge is 2.10. The van der Waals surface area contributed by atoms with Crippen molar-refractivity contribution in [3.63, 3.8) is 0 Å². The highest BCUT2D eigenvalue weighted by Crippen LogP contribution is 2.15. The van der Waals surface area contributed by atoms with E-state index in [1.807, 2.05) is 37.5 Å². The van der Waals surface area contributed by atoms with Crippen molar-refractivity contribution in [1.29, 1.82) is 0 Å². The quantitative estimate of drug-likeness (QED) is 0.652. The Labute approximate surface area is 105 Å². The third kappa shape index (κ3) is 2.94. The Bertz CT molecular complexity index is 531. The first-order valence-corrected chi connectivity index (χ1v) is 5.86. The van der Waals surface area contributed by atoms with Crippen LogP contribution in [0.2, 0.25) is 0 Å². The Kier molecular flexibility index (Phi) is 3.72. The minimum Gasteiger partial charge on any atom is -0.461 e. The van der Waals surface area contributed by atoms with E-state index in [4.69, 9.17) is 4.74 Å². The molecule has 2 aromatic rings. The zero-order valence-corrected chi connectivity index (χ0v) is 10.5. The van der Waals surface area contributed by atoms with Gasteiger partial charge in [-0.1, -0.05) is 0 Å². The van der Waals surface area contributed by atoms with Crippen LogP contribution in [-0.2, 0) is 16.1 Å². The molecule has 1 N–H and O–H groups in total. The summed E-state index contributed by atoms with van der Waals surface area (Å²) in [5, 5.41) is 7.08. The molecule has 5 nitrogen and oxygen atoms in total. The first-order chi connectivity index (χ1) is 8.69. The molecule has 0 aliphatic heterocycles. The molecule has 0 bridgehead atoms. The second-order valence-corrected chi connectivity index (χ2v) is 4.00. The molecule has 2 heterocycles. The number of aryl methyl sites for hydroxylation is 1. The molecule has 0 aliphatic rings. The number of esters is 1. The monoisotopic (exact) mass is 246 g/mol. The number of rotatable bonds is 4. The average molecular weight is 246 g/mol. The standard InChI is InChI=1S/C13H15N3O2/c1-3-18-13(17)9-16-6-4-11(5-7-16)12-8-10(2)14-15-12/h4-8H,3,9H2,1-2H3/p+1. The van der Waals surface area contributed by atoms with E-state index in [1.165, 1.54) is 0 Å². The summed E-state index contributed by atoms with van der Waals surface area (Å²) in [5.41, 5.74) is 2.93. The van der Waals surface area contributed by atoms with Crippen molar-refractivity contribution >= 4 is 5.97 Å². The van der Waals surface area contributed by atoms with Crippen LogP contribution in [0.25, 0.3) is 11.3 Å². The number of carbonyl (C=O) groups excluding carboxylic acids is 1. The summed E-state index contributed by atoms with van der Waals surface area (Å²) in [5.74, 6) is -0.231. The lowest BCUT2D eigenvalue weighted by Crippen LogP contribution is -2.37. The van der Waals surface area contributed by atoms with E-state index in [-0.39, 0.29) is 12.5 Å². The minimum atomic E-state index is -0.231. The van der Waals surface area contributed by atoms with Gasteiger partial charge < -0.3 is 4.74 Å². The Morgan fingerprint density at radius 3 is 2.72 bits per heavy atom.